The molecule has 0 bridgehead atoms. The Morgan fingerprint density at radius 3 is 1.60 bits per heavy atom. The van der Waals surface area contributed by atoms with E-state index in [1.54, 1.807) is 0 Å². The highest BCUT2D eigenvalue weighted by Crippen LogP contribution is 1.70. The Morgan fingerprint density at radius 1 is 1.20 bits per heavy atom. The van der Waals surface area contributed by atoms with Crippen LogP contribution in [-0.2, 0) is 9.47 Å². The Balaban J connectivity index is 2.19. The highest BCUT2D eigenvalue weighted by atomic mass is 16.6. The molecule has 0 aromatic rings. The smallest absolute Gasteiger partial charge is 0.208 e. The quantitative estimate of drug-likeness (QED) is 0.473. The van der Waals surface area contributed by atoms with Crippen molar-refractivity contribution >= 4 is 0 Å². The number of ether oxygens (including phenoxy) is 2. The average molecular weight is 75.1 g/mol. The predicted molar refractivity (Wildman–Crippen MR) is 18.3 cm³/mol. The van der Waals surface area contributed by atoms with E-state index in [4.69, 9.17) is 0 Å². The Morgan fingerprint density at radius 2 is 1.60 bits per heavy atom. The van der Waals surface area contributed by atoms with Crippen LogP contribution >= 0.6 is 0 Å². The van der Waals surface area contributed by atoms with Crippen molar-refractivity contribution in [3.63, 3.8) is 0 Å². The number of hydrogen-bond acceptors (Lipinski definition) is 2. The molecule has 0 rings (SSSR count). The molecular weight excluding hydrogens is 68.0 g/mol. The minimum Gasteiger partial charge on any atom is -0.351 e. The summed E-state index contributed by atoms with van der Waals surface area (Å²) in [5, 5.41) is 0. The first-order valence-electron chi connectivity index (χ1n) is 1.29. The largest absolute Gasteiger partial charge is 0.351 e. The SMILES string of the molecule is CO[CH]OC. The zero-order valence-corrected chi connectivity index (χ0v) is 3.39. The number of methoxy groups -OCH3 is 2. The van der Waals surface area contributed by atoms with Gasteiger partial charge in [0.1, 0.15) is 0 Å². The molecule has 2 heteroatoms. The monoisotopic (exact) mass is 75.0 g/mol. The molecule has 31 valence electrons. The van der Waals surface area contributed by atoms with Gasteiger partial charge in [0, 0.05) is 14.2 Å². The van der Waals surface area contributed by atoms with Crippen molar-refractivity contribution in [1.82, 2.24) is 0 Å². The van der Waals surface area contributed by atoms with E-state index in [0.29, 0.717) is 0 Å². The summed E-state index contributed by atoms with van der Waals surface area (Å²) in [6.07, 6.45) is 0. The van der Waals surface area contributed by atoms with Crippen molar-refractivity contribution < 1.29 is 9.47 Å². The molecule has 0 aliphatic carbocycles. The third-order valence-corrected chi connectivity index (χ3v) is 0.192. The van der Waals surface area contributed by atoms with Crippen LogP contribution < -0.4 is 0 Å². The van der Waals surface area contributed by atoms with E-state index in [-0.39, 0.29) is 0 Å². The minimum absolute atomic E-state index is 1.25. The van der Waals surface area contributed by atoms with Crippen LogP contribution in [-0.4, -0.2) is 14.2 Å². The fraction of sp³-hybridized carbons (Fsp3) is 0.667. The van der Waals surface area contributed by atoms with Crippen molar-refractivity contribution in [2.45, 2.75) is 0 Å². The van der Waals surface area contributed by atoms with Gasteiger partial charge < -0.3 is 9.47 Å². The summed E-state index contributed by atoms with van der Waals surface area (Å²) >= 11 is 0. The molecule has 5 heavy (non-hydrogen) atoms. The molecular formula is C3H7O2. The van der Waals surface area contributed by atoms with Crippen LogP contribution in [0.3, 0.4) is 0 Å². The fourth-order valence-electron chi connectivity index (χ4n) is 0.0962. The molecule has 0 aromatic carbocycles. The third-order valence-electron chi connectivity index (χ3n) is 0.192. The second-order valence-electron chi connectivity index (χ2n) is 0.568. The molecule has 0 fully saturated rings. The van der Waals surface area contributed by atoms with Crippen molar-refractivity contribution in [3.05, 3.63) is 6.79 Å². The van der Waals surface area contributed by atoms with Crippen molar-refractivity contribution in [2.24, 2.45) is 0 Å². The molecule has 0 heterocycles. The lowest BCUT2D eigenvalue weighted by Crippen LogP contribution is -1.78. The van der Waals surface area contributed by atoms with Crippen LogP contribution in [0.25, 0.3) is 0 Å². The second kappa shape index (κ2) is 3.92. The standard InChI is InChI=1S/C3H7O2/c1-4-3-5-2/h3H,1-2H3. The van der Waals surface area contributed by atoms with Gasteiger partial charge in [0.2, 0.25) is 6.79 Å². The first-order valence-corrected chi connectivity index (χ1v) is 1.29. The molecule has 0 N–H and O–H groups in total. The summed E-state index contributed by atoms with van der Waals surface area (Å²) in [6, 6.07) is 0. The molecule has 0 atom stereocenters. The fourth-order valence-corrected chi connectivity index (χ4v) is 0.0962. The van der Waals surface area contributed by atoms with E-state index in [1.807, 2.05) is 0 Å². The number of hydrogen-bond donors (Lipinski definition) is 0. The third kappa shape index (κ3) is 3.92. The average Bonchev–Trinajstić information content (AvgIpc) is 1.41. The Labute approximate surface area is 31.7 Å². The van der Waals surface area contributed by atoms with Crippen LogP contribution in [0.15, 0.2) is 0 Å². The van der Waals surface area contributed by atoms with Gasteiger partial charge in [-0.25, -0.2) is 0 Å². The van der Waals surface area contributed by atoms with Crippen molar-refractivity contribution in [3.8, 4) is 0 Å². The Kier molecular flexibility index (Phi) is 3.86. The first kappa shape index (κ1) is 4.92. The minimum atomic E-state index is 1.25. The van der Waals surface area contributed by atoms with Crippen molar-refractivity contribution in [2.75, 3.05) is 14.2 Å². The maximum absolute atomic E-state index is 4.34. The van der Waals surface area contributed by atoms with Gasteiger partial charge >= 0.3 is 0 Å². The zero-order valence-electron chi connectivity index (χ0n) is 3.39. The van der Waals surface area contributed by atoms with Gasteiger partial charge in [0.25, 0.3) is 0 Å². The Hall–Kier alpha value is -0.0800. The molecule has 0 unspecified atom stereocenters. The molecule has 0 amide bonds. The van der Waals surface area contributed by atoms with Crippen LogP contribution in [0.4, 0.5) is 0 Å². The molecule has 0 aromatic heterocycles. The van der Waals surface area contributed by atoms with Gasteiger partial charge in [0.15, 0.2) is 0 Å². The highest BCUT2D eigenvalue weighted by molar-refractivity contribution is 4.12. The van der Waals surface area contributed by atoms with Gasteiger partial charge in [-0.1, -0.05) is 0 Å². The second-order valence-corrected chi connectivity index (χ2v) is 0.568. The molecule has 0 spiro atoms. The molecule has 0 aliphatic heterocycles. The van der Waals surface area contributed by atoms with E-state index in [9.17, 15) is 0 Å². The van der Waals surface area contributed by atoms with Gasteiger partial charge in [-0.05, 0) is 0 Å². The van der Waals surface area contributed by atoms with E-state index >= 15 is 0 Å². The molecule has 1 radical (unpaired) electrons. The molecule has 0 saturated heterocycles. The van der Waals surface area contributed by atoms with Gasteiger partial charge in [-0.2, -0.15) is 0 Å². The Bertz CT molecular complexity index is 12.4. The van der Waals surface area contributed by atoms with Gasteiger partial charge in [-0.15, -0.1) is 0 Å². The maximum atomic E-state index is 4.34. The summed E-state index contributed by atoms with van der Waals surface area (Å²) in [4.78, 5) is 0. The van der Waals surface area contributed by atoms with Gasteiger partial charge in [0.05, 0.1) is 0 Å². The summed E-state index contributed by atoms with van der Waals surface area (Å²) in [7, 11) is 3.06. The lowest BCUT2D eigenvalue weighted by molar-refractivity contribution is 0.0796. The van der Waals surface area contributed by atoms with E-state index in [0.717, 1.165) is 0 Å². The van der Waals surface area contributed by atoms with E-state index in [2.05, 4.69) is 9.47 Å². The van der Waals surface area contributed by atoms with Crippen LogP contribution in [0, 0.1) is 6.79 Å². The van der Waals surface area contributed by atoms with E-state index < -0.39 is 0 Å². The topological polar surface area (TPSA) is 18.5 Å². The van der Waals surface area contributed by atoms with Crippen LogP contribution in [0.5, 0.6) is 0 Å². The number of rotatable bonds is 2. The first-order chi connectivity index (χ1) is 2.41. The lowest BCUT2D eigenvalue weighted by atomic mass is 11.4. The van der Waals surface area contributed by atoms with Crippen molar-refractivity contribution in [1.29, 1.82) is 0 Å². The maximum Gasteiger partial charge on any atom is 0.208 e. The van der Waals surface area contributed by atoms with Crippen LogP contribution in [0.2, 0.25) is 0 Å². The van der Waals surface area contributed by atoms with E-state index in [1.165, 1.54) is 21.0 Å². The zero-order chi connectivity index (χ0) is 4.12. The summed E-state index contributed by atoms with van der Waals surface area (Å²) in [5.74, 6) is 0. The van der Waals surface area contributed by atoms with Gasteiger partial charge in [-0.3, -0.25) is 0 Å². The predicted octanol–water partition coefficient (Wildman–Crippen LogP) is 0.398. The highest BCUT2D eigenvalue weighted by Gasteiger charge is 1.65. The summed E-state index contributed by atoms with van der Waals surface area (Å²) in [5.41, 5.74) is 0. The molecule has 0 saturated carbocycles. The summed E-state index contributed by atoms with van der Waals surface area (Å²) in [6.45, 7) is 1.25. The summed E-state index contributed by atoms with van der Waals surface area (Å²) < 4.78 is 8.69. The lowest BCUT2D eigenvalue weighted by Gasteiger charge is -1.85. The molecule has 2 nitrogen and oxygen atoms in total. The van der Waals surface area contributed by atoms with Crippen LogP contribution in [0.1, 0.15) is 0 Å². The molecule has 0 aliphatic rings. The normalized spacial score (nSPS) is 8.40.